The maximum Gasteiger partial charge on any atom is 0.160 e. The summed E-state index contributed by atoms with van der Waals surface area (Å²) in [5, 5.41) is 12.2. The van der Waals surface area contributed by atoms with Crippen molar-refractivity contribution in [2.75, 3.05) is 0 Å². The molecule has 9 aromatic carbocycles. The number of rotatable bonds is 5. The molecular weight excluding hydrogens is 679 g/mol. The van der Waals surface area contributed by atoms with Crippen LogP contribution in [-0.4, -0.2) is 15.0 Å². The molecule has 0 aliphatic rings. The topological polar surface area (TPSA) is 38.7 Å². The summed E-state index contributed by atoms with van der Waals surface area (Å²) in [6.45, 7) is 0. The predicted molar refractivity (Wildman–Crippen MR) is 235 cm³/mol. The normalized spacial score (nSPS) is 11.6. The van der Waals surface area contributed by atoms with Crippen LogP contribution in [0.2, 0.25) is 0 Å². The van der Waals surface area contributed by atoms with E-state index in [1.54, 1.807) is 0 Å². The SMILES string of the molecule is c1ccc2cc3cc(-c4ccc(-c5cc(-c6ccc(-c7ccc8cc9ccccc9cc8c7)cc6)nc(-c6ccc7cnccc7c6)n5)cc4)ccc3cc2c1. The summed E-state index contributed by atoms with van der Waals surface area (Å²) >= 11 is 0. The molecule has 0 bridgehead atoms. The lowest BCUT2D eigenvalue weighted by Gasteiger charge is -2.12. The molecule has 2 heterocycles. The maximum atomic E-state index is 5.17. The molecular formula is C53H33N3. The Hall–Kier alpha value is -7.49. The number of hydrogen-bond donors (Lipinski definition) is 0. The monoisotopic (exact) mass is 711 g/mol. The highest BCUT2D eigenvalue weighted by molar-refractivity contribution is 6.01. The van der Waals surface area contributed by atoms with E-state index in [1.807, 2.05) is 18.5 Å². The summed E-state index contributed by atoms with van der Waals surface area (Å²) in [4.78, 5) is 14.6. The van der Waals surface area contributed by atoms with Crippen molar-refractivity contribution in [1.82, 2.24) is 15.0 Å². The zero-order valence-electron chi connectivity index (χ0n) is 30.4. The number of pyridine rings is 1. The lowest BCUT2D eigenvalue weighted by molar-refractivity contribution is 1.18. The van der Waals surface area contributed by atoms with Crippen LogP contribution in [-0.2, 0) is 0 Å². The van der Waals surface area contributed by atoms with Gasteiger partial charge in [0.05, 0.1) is 11.4 Å². The van der Waals surface area contributed by atoms with Gasteiger partial charge in [0.15, 0.2) is 5.82 Å². The Kier molecular flexibility index (Phi) is 7.49. The third kappa shape index (κ3) is 5.83. The molecule has 0 atom stereocenters. The molecule has 11 rings (SSSR count). The van der Waals surface area contributed by atoms with Gasteiger partial charge in [-0.1, -0.05) is 133 Å². The van der Waals surface area contributed by atoms with Crippen LogP contribution in [0.3, 0.4) is 0 Å². The van der Waals surface area contributed by atoms with Gasteiger partial charge < -0.3 is 0 Å². The zero-order valence-corrected chi connectivity index (χ0v) is 30.4. The molecule has 0 fully saturated rings. The van der Waals surface area contributed by atoms with Crippen molar-refractivity contribution in [1.29, 1.82) is 0 Å². The van der Waals surface area contributed by atoms with Gasteiger partial charge in [-0.2, -0.15) is 0 Å². The second-order valence-electron chi connectivity index (χ2n) is 14.6. The van der Waals surface area contributed by atoms with E-state index in [0.717, 1.165) is 38.9 Å². The summed E-state index contributed by atoms with van der Waals surface area (Å²) in [6.07, 6.45) is 3.72. The molecule has 0 radical (unpaired) electrons. The summed E-state index contributed by atoms with van der Waals surface area (Å²) < 4.78 is 0. The third-order valence-corrected chi connectivity index (χ3v) is 11.1. The van der Waals surface area contributed by atoms with Gasteiger partial charge >= 0.3 is 0 Å². The smallest absolute Gasteiger partial charge is 0.160 e. The molecule has 0 amide bonds. The van der Waals surface area contributed by atoms with Crippen LogP contribution in [0.4, 0.5) is 0 Å². The second kappa shape index (κ2) is 13.1. The van der Waals surface area contributed by atoms with Crippen molar-refractivity contribution in [3.63, 3.8) is 0 Å². The van der Waals surface area contributed by atoms with E-state index >= 15 is 0 Å². The standard InChI is InChI=1S/C53H33N3/c1-3-7-40-28-49-30-42(17-19-44(49)25-38(40)5-1)34-9-13-36(14-10-34)51-32-52(56-53(55-51)47-21-22-48-33-54-24-23-46(48)27-47)37-15-11-35(12-16-37)43-18-20-45-26-39-6-2-4-8-41(39)29-50(45)31-43/h1-33H. The molecule has 2 aromatic heterocycles. The quantitative estimate of drug-likeness (QED) is 0.167. The van der Waals surface area contributed by atoms with Gasteiger partial charge in [-0.15, -0.1) is 0 Å². The van der Waals surface area contributed by atoms with Gasteiger partial charge in [0.2, 0.25) is 0 Å². The van der Waals surface area contributed by atoms with Crippen LogP contribution in [0.1, 0.15) is 0 Å². The van der Waals surface area contributed by atoms with E-state index in [9.17, 15) is 0 Å². The Morgan fingerprint density at radius 3 is 1.14 bits per heavy atom. The first kappa shape index (κ1) is 32.0. The van der Waals surface area contributed by atoms with E-state index in [1.165, 1.54) is 65.3 Å². The molecule has 11 aromatic rings. The Bertz CT molecular complexity index is 3110. The zero-order chi connectivity index (χ0) is 37.0. The van der Waals surface area contributed by atoms with Gasteiger partial charge in [-0.25, -0.2) is 9.97 Å². The van der Waals surface area contributed by atoms with E-state index in [2.05, 4.69) is 187 Å². The summed E-state index contributed by atoms with van der Waals surface area (Å²) in [6, 6.07) is 67.6. The number of aromatic nitrogens is 3. The number of fused-ring (bicyclic) bond motifs is 5. The van der Waals surface area contributed by atoms with E-state index < -0.39 is 0 Å². The van der Waals surface area contributed by atoms with Gasteiger partial charge in [0, 0.05) is 34.5 Å². The molecule has 3 heteroatoms. The van der Waals surface area contributed by atoms with E-state index in [4.69, 9.17) is 9.97 Å². The Morgan fingerprint density at radius 1 is 0.250 bits per heavy atom. The Morgan fingerprint density at radius 2 is 0.625 bits per heavy atom. The van der Waals surface area contributed by atoms with Gasteiger partial charge in [-0.3, -0.25) is 4.98 Å². The second-order valence-corrected chi connectivity index (χ2v) is 14.6. The first-order valence-corrected chi connectivity index (χ1v) is 19.0. The molecule has 0 spiro atoms. The predicted octanol–water partition coefficient (Wildman–Crippen LogP) is 14.0. The van der Waals surface area contributed by atoms with Crippen molar-refractivity contribution < 1.29 is 0 Å². The number of benzene rings is 9. The largest absolute Gasteiger partial charge is 0.264 e. The van der Waals surface area contributed by atoms with E-state index in [-0.39, 0.29) is 0 Å². The van der Waals surface area contributed by atoms with Gasteiger partial charge in [0.25, 0.3) is 0 Å². The summed E-state index contributed by atoms with van der Waals surface area (Å²) in [5.74, 6) is 0.688. The van der Waals surface area contributed by atoms with Crippen LogP contribution in [0.15, 0.2) is 200 Å². The van der Waals surface area contributed by atoms with Crippen LogP contribution < -0.4 is 0 Å². The van der Waals surface area contributed by atoms with Crippen molar-refractivity contribution in [3.8, 4) is 56.2 Å². The average Bonchev–Trinajstić information content (AvgIpc) is 3.27. The molecule has 3 nitrogen and oxygen atoms in total. The van der Waals surface area contributed by atoms with Crippen molar-refractivity contribution in [2.45, 2.75) is 0 Å². The van der Waals surface area contributed by atoms with Crippen molar-refractivity contribution >= 4 is 53.9 Å². The highest BCUT2D eigenvalue weighted by atomic mass is 14.9. The van der Waals surface area contributed by atoms with Gasteiger partial charge in [-0.05, 0) is 125 Å². The molecule has 0 N–H and O–H groups in total. The molecule has 56 heavy (non-hydrogen) atoms. The number of hydrogen-bond acceptors (Lipinski definition) is 3. The lowest BCUT2D eigenvalue weighted by atomic mass is 9.97. The Labute approximate surface area is 324 Å². The van der Waals surface area contributed by atoms with Gasteiger partial charge in [0.1, 0.15) is 0 Å². The Balaban J connectivity index is 0.965. The first-order chi connectivity index (χ1) is 27.7. The average molecular weight is 712 g/mol. The van der Waals surface area contributed by atoms with Crippen LogP contribution >= 0.6 is 0 Å². The molecule has 0 aliphatic carbocycles. The molecule has 0 saturated heterocycles. The fraction of sp³-hybridized carbons (Fsp3) is 0. The minimum atomic E-state index is 0.688. The maximum absolute atomic E-state index is 5.17. The first-order valence-electron chi connectivity index (χ1n) is 19.0. The van der Waals surface area contributed by atoms with Crippen LogP contribution in [0.5, 0.6) is 0 Å². The summed E-state index contributed by atoms with van der Waals surface area (Å²) in [5.41, 5.74) is 9.50. The fourth-order valence-electron chi connectivity index (χ4n) is 8.00. The molecule has 0 unspecified atom stereocenters. The fourth-order valence-corrected chi connectivity index (χ4v) is 8.00. The molecule has 0 aliphatic heterocycles. The highest BCUT2D eigenvalue weighted by Gasteiger charge is 2.13. The molecule has 0 saturated carbocycles. The molecule has 260 valence electrons. The van der Waals surface area contributed by atoms with Crippen LogP contribution in [0, 0.1) is 0 Å². The number of nitrogens with zero attached hydrogens (tertiary/aromatic N) is 3. The highest BCUT2D eigenvalue weighted by Crippen LogP contribution is 2.34. The lowest BCUT2D eigenvalue weighted by Crippen LogP contribution is -1.96. The third-order valence-electron chi connectivity index (χ3n) is 11.1. The van der Waals surface area contributed by atoms with Crippen molar-refractivity contribution in [2.24, 2.45) is 0 Å². The summed E-state index contributed by atoms with van der Waals surface area (Å²) in [7, 11) is 0. The minimum Gasteiger partial charge on any atom is -0.264 e. The minimum absolute atomic E-state index is 0.688. The van der Waals surface area contributed by atoms with E-state index in [0.29, 0.717) is 5.82 Å². The van der Waals surface area contributed by atoms with Crippen LogP contribution in [0.25, 0.3) is 110 Å². The van der Waals surface area contributed by atoms with Crippen molar-refractivity contribution in [3.05, 3.63) is 200 Å².